The number of benzene rings is 2. The monoisotopic (exact) mass is 406 g/mol. The number of amides is 2. The van der Waals surface area contributed by atoms with E-state index in [2.05, 4.69) is 15.6 Å². The molecule has 2 N–H and O–H groups in total. The van der Waals surface area contributed by atoms with E-state index in [0.717, 1.165) is 17.3 Å². The van der Waals surface area contributed by atoms with Gasteiger partial charge in [0, 0.05) is 11.3 Å². The zero-order valence-electron chi connectivity index (χ0n) is 15.6. The summed E-state index contributed by atoms with van der Waals surface area (Å²) in [7, 11) is 0. The van der Waals surface area contributed by atoms with E-state index in [1.165, 1.54) is 6.92 Å². The van der Waals surface area contributed by atoms with Crippen molar-refractivity contribution in [3.63, 3.8) is 0 Å². The summed E-state index contributed by atoms with van der Waals surface area (Å²) in [6, 6.07) is 17.1. The van der Waals surface area contributed by atoms with Crippen LogP contribution in [0.15, 0.2) is 59.6 Å². The standard InChI is InChI=1S/C21H18N4O3S/c1-13(26)14-7-9-16(10-8-14)23-18(27)12-29-21-24-19(15-5-3-2-4-6-15)17(11-22)20(28)25-21/h2-10,17,19H,12H2,1H3,(H,23,27)(H,24,25,28). The van der Waals surface area contributed by atoms with Gasteiger partial charge in [-0.05, 0) is 36.8 Å². The highest BCUT2D eigenvalue weighted by Gasteiger charge is 2.34. The van der Waals surface area contributed by atoms with E-state index in [9.17, 15) is 19.6 Å². The van der Waals surface area contributed by atoms with Gasteiger partial charge in [0.05, 0.1) is 11.8 Å². The number of rotatable bonds is 5. The second-order valence-electron chi connectivity index (χ2n) is 6.36. The minimum atomic E-state index is -0.921. The predicted molar refractivity (Wildman–Crippen MR) is 111 cm³/mol. The van der Waals surface area contributed by atoms with Gasteiger partial charge < -0.3 is 10.6 Å². The zero-order chi connectivity index (χ0) is 20.8. The van der Waals surface area contributed by atoms with Gasteiger partial charge in [-0.15, -0.1) is 0 Å². The number of hydrogen-bond acceptors (Lipinski definition) is 6. The van der Waals surface area contributed by atoms with Crippen molar-refractivity contribution in [2.45, 2.75) is 13.0 Å². The Morgan fingerprint density at radius 3 is 2.48 bits per heavy atom. The number of nitrogens with zero attached hydrogens (tertiary/aromatic N) is 2. The van der Waals surface area contributed by atoms with Gasteiger partial charge in [0.2, 0.25) is 11.8 Å². The normalized spacial score (nSPS) is 18.2. The van der Waals surface area contributed by atoms with Crippen LogP contribution in [0.2, 0.25) is 0 Å². The third kappa shape index (κ3) is 5.09. The van der Waals surface area contributed by atoms with Crippen molar-refractivity contribution in [1.82, 2.24) is 5.32 Å². The van der Waals surface area contributed by atoms with Gasteiger partial charge in [0.1, 0.15) is 6.04 Å². The Balaban J connectivity index is 1.65. The summed E-state index contributed by atoms with van der Waals surface area (Å²) in [6.45, 7) is 1.48. The van der Waals surface area contributed by atoms with Crippen LogP contribution in [0.1, 0.15) is 28.9 Å². The van der Waals surface area contributed by atoms with Crippen molar-refractivity contribution in [3.05, 3.63) is 65.7 Å². The molecule has 3 rings (SSSR count). The molecule has 29 heavy (non-hydrogen) atoms. The molecule has 0 aliphatic carbocycles. The maximum Gasteiger partial charge on any atom is 0.245 e. The Labute approximate surface area is 172 Å². The van der Waals surface area contributed by atoms with Crippen LogP contribution < -0.4 is 10.6 Å². The highest BCUT2D eigenvalue weighted by atomic mass is 32.2. The summed E-state index contributed by atoms with van der Waals surface area (Å²) < 4.78 is 0. The average molecular weight is 406 g/mol. The largest absolute Gasteiger partial charge is 0.325 e. The van der Waals surface area contributed by atoms with Gasteiger partial charge >= 0.3 is 0 Å². The van der Waals surface area contributed by atoms with Gasteiger partial charge in [-0.1, -0.05) is 42.1 Å². The highest BCUT2D eigenvalue weighted by Crippen LogP contribution is 2.30. The number of Topliss-reactive ketones (excluding diaryl/α,β-unsaturated/α-hetero) is 1. The minimum absolute atomic E-state index is 0.0340. The van der Waals surface area contributed by atoms with Crippen LogP contribution in [0.4, 0.5) is 5.69 Å². The average Bonchev–Trinajstić information content (AvgIpc) is 2.73. The number of carbonyl (C=O) groups excluding carboxylic acids is 3. The SMILES string of the molecule is CC(=O)c1ccc(NC(=O)CSC2=NC(c3ccccc3)C(C#N)C(=O)N2)cc1. The summed E-state index contributed by atoms with van der Waals surface area (Å²) in [6.07, 6.45) is 0. The number of carbonyl (C=O) groups is 3. The van der Waals surface area contributed by atoms with Crippen molar-refractivity contribution in [2.24, 2.45) is 10.9 Å². The third-order valence-corrected chi connectivity index (χ3v) is 5.17. The van der Waals surface area contributed by atoms with Crippen molar-refractivity contribution >= 4 is 40.2 Å². The topological polar surface area (TPSA) is 111 Å². The Kier molecular flexibility index (Phi) is 6.42. The van der Waals surface area contributed by atoms with Crippen LogP contribution >= 0.6 is 11.8 Å². The first kappa shape index (κ1) is 20.3. The van der Waals surface area contributed by atoms with Crippen LogP contribution in [0.3, 0.4) is 0 Å². The van der Waals surface area contributed by atoms with Gasteiger partial charge in [0.25, 0.3) is 0 Å². The molecule has 0 saturated carbocycles. The Bertz CT molecular complexity index is 997. The molecule has 2 aromatic rings. The molecule has 0 aromatic heterocycles. The van der Waals surface area contributed by atoms with Crippen molar-refractivity contribution in [1.29, 1.82) is 5.26 Å². The molecule has 0 saturated heterocycles. The fourth-order valence-electron chi connectivity index (χ4n) is 2.80. The number of amidine groups is 1. The van der Waals surface area contributed by atoms with Gasteiger partial charge in [-0.3, -0.25) is 19.4 Å². The first-order chi connectivity index (χ1) is 14.0. The molecule has 2 aromatic carbocycles. The Morgan fingerprint density at radius 2 is 1.86 bits per heavy atom. The fraction of sp³-hybridized carbons (Fsp3) is 0.190. The van der Waals surface area contributed by atoms with Crippen molar-refractivity contribution < 1.29 is 14.4 Å². The number of aliphatic imine (C=N–C) groups is 1. The van der Waals surface area contributed by atoms with Gasteiger partial charge in [-0.25, -0.2) is 0 Å². The maximum atomic E-state index is 12.3. The summed E-state index contributed by atoms with van der Waals surface area (Å²) in [4.78, 5) is 40.3. The Hall–Kier alpha value is -3.44. The van der Waals surface area contributed by atoms with Crippen LogP contribution in [0.25, 0.3) is 0 Å². The summed E-state index contributed by atoms with van der Waals surface area (Å²) in [5, 5.41) is 15.0. The van der Waals surface area contributed by atoms with E-state index >= 15 is 0 Å². The first-order valence-electron chi connectivity index (χ1n) is 8.85. The summed E-state index contributed by atoms with van der Waals surface area (Å²) >= 11 is 1.09. The predicted octanol–water partition coefficient (Wildman–Crippen LogP) is 2.93. The van der Waals surface area contributed by atoms with E-state index in [1.807, 2.05) is 36.4 Å². The number of ketones is 1. The second kappa shape index (κ2) is 9.17. The second-order valence-corrected chi connectivity index (χ2v) is 7.32. The third-order valence-electron chi connectivity index (χ3n) is 4.28. The van der Waals surface area contributed by atoms with Crippen molar-refractivity contribution in [3.8, 4) is 6.07 Å². The van der Waals surface area contributed by atoms with E-state index in [4.69, 9.17) is 0 Å². The maximum absolute atomic E-state index is 12.3. The molecule has 2 atom stereocenters. The summed E-state index contributed by atoms with van der Waals surface area (Å²) in [5.74, 6) is -1.64. The smallest absolute Gasteiger partial charge is 0.245 e. The lowest BCUT2D eigenvalue weighted by Crippen LogP contribution is -2.41. The number of nitriles is 1. The van der Waals surface area contributed by atoms with Gasteiger partial charge in [-0.2, -0.15) is 5.26 Å². The van der Waals surface area contributed by atoms with E-state index in [-0.39, 0.29) is 17.4 Å². The lowest BCUT2D eigenvalue weighted by Gasteiger charge is -2.24. The highest BCUT2D eigenvalue weighted by molar-refractivity contribution is 8.14. The Morgan fingerprint density at radius 1 is 1.17 bits per heavy atom. The van der Waals surface area contributed by atoms with E-state index in [1.54, 1.807) is 24.3 Å². The molecule has 7 nitrogen and oxygen atoms in total. The lowest BCUT2D eigenvalue weighted by molar-refractivity contribution is -0.123. The van der Waals surface area contributed by atoms with Crippen LogP contribution in [0.5, 0.6) is 0 Å². The molecule has 146 valence electrons. The van der Waals surface area contributed by atoms with Crippen LogP contribution in [0, 0.1) is 17.2 Å². The number of thioether (sulfide) groups is 1. The first-order valence-corrected chi connectivity index (χ1v) is 9.83. The molecule has 8 heteroatoms. The number of nitrogens with one attached hydrogen (secondary N) is 2. The molecule has 2 unspecified atom stereocenters. The van der Waals surface area contributed by atoms with Crippen molar-refractivity contribution in [2.75, 3.05) is 11.1 Å². The molecule has 0 bridgehead atoms. The van der Waals surface area contributed by atoms with Crippen LogP contribution in [-0.2, 0) is 9.59 Å². The molecule has 1 aliphatic heterocycles. The fourth-order valence-corrected chi connectivity index (χ4v) is 3.50. The van der Waals surface area contributed by atoms with Crippen LogP contribution in [-0.4, -0.2) is 28.5 Å². The molecular weight excluding hydrogens is 388 g/mol. The molecule has 0 fully saturated rings. The molecule has 0 spiro atoms. The molecule has 0 radical (unpaired) electrons. The quantitative estimate of drug-likeness (QED) is 0.742. The molecule has 1 heterocycles. The molecule has 2 amide bonds. The molecule has 1 aliphatic rings. The van der Waals surface area contributed by atoms with Gasteiger partial charge in [0.15, 0.2) is 16.9 Å². The lowest BCUT2D eigenvalue weighted by atomic mass is 9.93. The minimum Gasteiger partial charge on any atom is -0.325 e. The van der Waals surface area contributed by atoms with E-state index in [0.29, 0.717) is 16.4 Å². The summed E-state index contributed by atoms with van der Waals surface area (Å²) in [5.41, 5.74) is 1.90. The number of hydrogen-bond donors (Lipinski definition) is 2. The molecular formula is C21H18N4O3S. The number of anilines is 1. The zero-order valence-corrected chi connectivity index (χ0v) is 16.4. The van der Waals surface area contributed by atoms with E-state index < -0.39 is 17.9 Å².